The van der Waals surface area contributed by atoms with E-state index in [-0.39, 0.29) is 5.69 Å². The van der Waals surface area contributed by atoms with Crippen molar-refractivity contribution in [3.63, 3.8) is 0 Å². The van der Waals surface area contributed by atoms with Crippen LogP contribution in [0.4, 0.5) is 5.69 Å². The van der Waals surface area contributed by atoms with Crippen LogP contribution in [0.25, 0.3) is 11.4 Å². The van der Waals surface area contributed by atoms with Crippen LogP contribution in [0.3, 0.4) is 0 Å². The minimum atomic E-state index is -0.441. The van der Waals surface area contributed by atoms with Gasteiger partial charge < -0.3 is 0 Å². The molecule has 0 fully saturated rings. The molecule has 0 N–H and O–H groups in total. The highest BCUT2D eigenvalue weighted by atomic mass is 16.6. The van der Waals surface area contributed by atoms with Gasteiger partial charge in [0.25, 0.3) is 5.69 Å². The molecule has 1 aromatic carbocycles. The van der Waals surface area contributed by atoms with Crippen molar-refractivity contribution in [2.75, 3.05) is 0 Å². The molecule has 0 saturated carbocycles. The molecule has 19 heavy (non-hydrogen) atoms. The van der Waals surface area contributed by atoms with Crippen LogP contribution >= 0.6 is 0 Å². The third kappa shape index (κ3) is 3.21. The van der Waals surface area contributed by atoms with Gasteiger partial charge in [-0.15, -0.1) is 16.8 Å². The highest BCUT2D eigenvalue weighted by Gasteiger charge is 2.09. The molecule has 1 aromatic heterocycles. The van der Waals surface area contributed by atoms with Crippen molar-refractivity contribution in [1.82, 2.24) is 20.2 Å². The molecular formula is C12H13N5O2. The van der Waals surface area contributed by atoms with Crippen LogP contribution in [0.2, 0.25) is 0 Å². The summed E-state index contributed by atoms with van der Waals surface area (Å²) in [5.74, 6) is 0.466. The summed E-state index contributed by atoms with van der Waals surface area (Å²) < 4.78 is 0. The van der Waals surface area contributed by atoms with Crippen molar-refractivity contribution in [2.45, 2.75) is 19.4 Å². The summed E-state index contributed by atoms with van der Waals surface area (Å²) in [6.07, 6.45) is 3.64. The van der Waals surface area contributed by atoms with Gasteiger partial charge in [0.2, 0.25) is 5.82 Å². The number of non-ortho nitro benzene ring substituents is 1. The monoisotopic (exact) mass is 259 g/mol. The van der Waals surface area contributed by atoms with Gasteiger partial charge in [0.15, 0.2) is 0 Å². The molecule has 0 radical (unpaired) electrons. The maximum atomic E-state index is 10.5. The molecule has 0 aliphatic carbocycles. The van der Waals surface area contributed by atoms with Crippen molar-refractivity contribution in [3.05, 3.63) is 47.0 Å². The Labute approximate surface area is 109 Å². The third-order valence-corrected chi connectivity index (χ3v) is 2.56. The number of aryl methyl sites for hydroxylation is 1. The molecule has 0 amide bonds. The van der Waals surface area contributed by atoms with Gasteiger partial charge in [0.05, 0.1) is 11.5 Å². The average Bonchev–Trinajstić information content (AvgIpc) is 2.88. The summed E-state index contributed by atoms with van der Waals surface area (Å²) in [6.45, 7) is 4.32. The first-order valence-corrected chi connectivity index (χ1v) is 5.84. The van der Waals surface area contributed by atoms with Crippen LogP contribution in [0, 0.1) is 10.1 Å². The number of benzene rings is 1. The normalized spacial score (nSPS) is 10.3. The summed E-state index contributed by atoms with van der Waals surface area (Å²) in [5, 5.41) is 22.6. The Morgan fingerprint density at radius 2 is 2.11 bits per heavy atom. The number of hydrogen-bond donors (Lipinski definition) is 0. The first kappa shape index (κ1) is 12.9. The second-order valence-corrected chi connectivity index (χ2v) is 3.94. The van der Waals surface area contributed by atoms with Gasteiger partial charge >= 0.3 is 0 Å². The Morgan fingerprint density at radius 3 is 2.74 bits per heavy atom. The van der Waals surface area contributed by atoms with E-state index in [1.165, 1.54) is 16.9 Å². The molecule has 0 unspecified atom stereocenters. The van der Waals surface area contributed by atoms with Crippen molar-refractivity contribution < 1.29 is 4.92 Å². The van der Waals surface area contributed by atoms with Crippen LogP contribution in [0.15, 0.2) is 36.9 Å². The molecule has 0 saturated heterocycles. The largest absolute Gasteiger partial charge is 0.269 e. The van der Waals surface area contributed by atoms with Crippen LogP contribution < -0.4 is 0 Å². The minimum Gasteiger partial charge on any atom is -0.258 e. The zero-order valence-electron chi connectivity index (χ0n) is 10.3. The number of nitro groups is 1. The van der Waals surface area contributed by atoms with Crippen LogP contribution in [0.5, 0.6) is 0 Å². The second kappa shape index (κ2) is 5.85. The van der Waals surface area contributed by atoms with Crippen LogP contribution in [0.1, 0.15) is 12.8 Å². The fourth-order valence-electron chi connectivity index (χ4n) is 1.56. The van der Waals surface area contributed by atoms with E-state index in [1.807, 2.05) is 6.08 Å². The number of rotatable bonds is 6. The Hall–Kier alpha value is -2.57. The average molecular weight is 259 g/mol. The Balaban J connectivity index is 2.09. The van der Waals surface area contributed by atoms with Crippen LogP contribution in [-0.4, -0.2) is 25.1 Å². The quantitative estimate of drug-likeness (QED) is 0.343. The number of unbranched alkanes of at least 4 members (excludes halogenated alkanes) is 1. The maximum absolute atomic E-state index is 10.5. The molecule has 0 atom stereocenters. The fourth-order valence-corrected chi connectivity index (χ4v) is 1.56. The van der Waals surface area contributed by atoms with Gasteiger partial charge in [-0.3, -0.25) is 10.1 Å². The molecule has 0 spiro atoms. The molecule has 2 rings (SSSR count). The molecule has 0 aliphatic rings. The minimum absolute atomic E-state index is 0.0436. The number of tetrazole rings is 1. The van der Waals surface area contributed by atoms with Gasteiger partial charge in [-0.2, -0.15) is 4.80 Å². The van der Waals surface area contributed by atoms with Gasteiger partial charge in [-0.25, -0.2) is 0 Å². The number of nitrogens with zero attached hydrogens (tertiary/aromatic N) is 5. The van der Waals surface area contributed by atoms with E-state index < -0.39 is 4.92 Å². The predicted octanol–water partition coefficient (Wildman–Crippen LogP) is 2.21. The first-order chi connectivity index (χ1) is 9.20. The summed E-state index contributed by atoms with van der Waals surface area (Å²) in [6, 6.07) is 6.08. The van der Waals surface area contributed by atoms with E-state index in [2.05, 4.69) is 22.0 Å². The molecule has 98 valence electrons. The van der Waals surface area contributed by atoms with E-state index >= 15 is 0 Å². The van der Waals surface area contributed by atoms with Gasteiger partial charge in [-0.05, 0) is 30.2 Å². The standard InChI is InChI=1S/C12H13N5O2/c1-2-3-4-9-16-14-12(13-15-16)10-5-7-11(8-6-10)17(18)19/h2,5-8H,1,3-4,9H2. The Morgan fingerprint density at radius 1 is 1.37 bits per heavy atom. The summed E-state index contributed by atoms with van der Waals surface area (Å²) in [7, 11) is 0. The Bertz CT molecular complexity index is 576. The smallest absolute Gasteiger partial charge is 0.258 e. The molecule has 7 heteroatoms. The molecule has 0 aliphatic heterocycles. The highest BCUT2D eigenvalue weighted by molar-refractivity contribution is 5.56. The van der Waals surface area contributed by atoms with Crippen molar-refractivity contribution >= 4 is 5.69 Å². The third-order valence-electron chi connectivity index (χ3n) is 2.56. The Kier molecular flexibility index (Phi) is 3.97. The van der Waals surface area contributed by atoms with Gasteiger partial charge in [0.1, 0.15) is 0 Å². The fraction of sp³-hybridized carbons (Fsp3) is 0.250. The van der Waals surface area contributed by atoms with E-state index in [0.717, 1.165) is 12.8 Å². The second-order valence-electron chi connectivity index (χ2n) is 3.94. The number of hydrogen-bond acceptors (Lipinski definition) is 5. The van der Waals surface area contributed by atoms with Gasteiger partial charge in [0, 0.05) is 17.7 Å². The molecule has 2 aromatic rings. The zero-order valence-corrected chi connectivity index (χ0v) is 10.3. The lowest BCUT2D eigenvalue weighted by Crippen LogP contribution is -2.02. The summed E-state index contributed by atoms with van der Waals surface area (Å²) >= 11 is 0. The summed E-state index contributed by atoms with van der Waals surface area (Å²) in [4.78, 5) is 11.6. The summed E-state index contributed by atoms with van der Waals surface area (Å²) in [5.41, 5.74) is 0.752. The lowest BCUT2D eigenvalue weighted by Gasteiger charge is -1.95. The highest BCUT2D eigenvalue weighted by Crippen LogP contribution is 2.18. The number of nitro benzene ring substituents is 1. The zero-order chi connectivity index (χ0) is 13.7. The molecule has 7 nitrogen and oxygen atoms in total. The van der Waals surface area contributed by atoms with E-state index in [9.17, 15) is 10.1 Å². The van der Waals surface area contributed by atoms with E-state index in [4.69, 9.17) is 0 Å². The first-order valence-electron chi connectivity index (χ1n) is 5.84. The SMILES string of the molecule is C=CCCCn1nnc(-c2ccc([N+](=O)[O-])cc2)n1. The number of aromatic nitrogens is 4. The predicted molar refractivity (Wildman–Crippen MR) is 69.3 cm³/mol. The molecular weight excluding hydrogens is 246 g/mol. The molecule has 1 heterocycles. The van der Waals surface area contributed by atoms with Gasteiger partial charge in [-0.1, -0.05) is 6.08 Å². The lowest BCUT2D eigenvalue weighted by molar-refractivity contribution is -0.384. The lowest BCUT2D eigenvalue weighted by atomic mass is 10.2. The van der Waals surface area contributed by atoms with E-state index in [1.54, 1.807) is 12.1 Å². The topological polar surface area (TPSA) is 86.7 Å². The van der Waals surface area contributed by atoms with Crippen molar-refractivity contribution in [2.24, 2.45) is 0 Å². The van der Waals surface area contributed by atoms with Crippen molar-refractivity contribution in [3.8, 4) is 11.4 Å². The van der Waals surface area contributed by atoms with E-state index in [0.29, 0.717) is 17.9 Å². The van der Waals surface area contributed by atoms with Crippen LogP contribution in [-0.2, 0) is 6.54 Å². The number of allylic oxidation sites excluding steroid dienone is 1. The van der Waals surface area contributed by atoms with Crippen molar-refractivity contribution in [1.29, 1.82) is 0 Å². The molecule has 0 bridgehead atoms. The maximum Gasteiger partial charge on any atom is 0.269 e.